The first-order valence-electron chi connectivity index (χ1n) is 7.68. The van der Waals surface area contributed by atoms with Gasteiger partial charge in [-0.2, -0.15) is 0 Å². The molecule has 2 rings (SSSR count). The van der Waals surface area contributed by atoms with Gasteiger partial charge < -0.3 is 20.1 Å². The van der Waals surface area contributed by atoms with Crippen molar-refractivity contribution in [2.45, 2.75) is 56.1 Å². The van der Waals surface area contributed by atoms with Gasteiger partial charge in [-0.15, -0.1) is 0 Å². The predicted molar refractivity (Wildman–Crippen MR) is 77.7 cm³/mol. The molecule has 0 aromatic carbocycles. The van der Waals surface area contributed by atoms with Crippen LogP contribution in [-0.4, -0.2) is 60.3 Å². The second-order valence-corrected chi connectivity index (χ2v) is 6.41. The molecule has 6 nitrogen and oxygen atoms in total. The molecular formula is C15H26N2O4. The van der Waals surface area contributed by atoms with Gasteiger partial charge in [0.25, 0.3) is 0 Å². The van der Waals surface area contributed by atoms with Gasteiger partial charge in [0, 0.05) is 27.2 Å². The predicted octanol–water partition coefficient (Wildman–Crippen LogP) is 0.435. The van der Waals surface area contributed by atoms with E-state index in [9.17, 15) is 14.7 Å². The van der Waals surface area contributed by atoms with Crippen molar-refractivity contribution in [1.82, 2.24) is 10.2 Å². The Morgan fingerprint density at radius 2 is 1.95 bits per heavy atom. The first-order chi connectivity index (χ1) is 9.92. The molecule has 120 valence electrons. The van der Waals surface area contributed by atoms with Crippen LogP contribution in [0.3, 0.4) is 0 Å². The summed E-state index contributed by atoms with van der Waals surface area (Å²) in [6, 6.07) is 0. The number of β-amino-alcohol motifs (C(OH)–C–C–N with tert-alkyl or cyclic N) is 1. The fraction of sp³-hybridized carbons (Fsp3) is 0.867. The third kappa shape index (κ3) is 3.74. The van der Waals surface area contributed by atoms with Crippen LogP contribution in [-0.2, 0) is 14.3 Å². The number of amides is 2. The van der Waals surface area contributed by atoms with E-state index < -0.39 is 5.60 Å². The number of hydrogen-bond donors (Lipinski definition) is 2. The van der Waals surface area contributed by atoms with Gasteiger partial charge >= 0.3 is 0 Å². The van der Waals surface area contributed by atoms with E-state index in [2.05, 4.69) is 5.32 Å². The van der Waals surface area contributed by atoms with E-state index in [1.54, 1.807) is 19.1 Å². The Bertz CT molecular complexity index is 403. The number of ether oxygens (including phenoxy) is 1. The van der Waals surface area contributed by atoms with Crippen molar-refractivity contribution in [3.05, 3.63) is 0 Å². The number of hydrogen-bond acceptors (Lipinski definition) is 4. The quantitative estimate of drug-likeness (QED) is 0.772. The highest BCUT2D eigenvalue weighted by atomic mass is 16.5. The number of piperidine rings is 1. The molecule has 1 aliphatic heterocycles. The lowest BCUT2D eigenvalue weighted by Gasteiger charge is -2.43. The van der Waals surface area contributed by atoms with Crippen LogP contribution in [0.2, 0.25) is 0 Å². The summed E-state index contributed by atoms with van der Waals surface area (Å²) in [5.74, 6) is -0.175. The summed E-state index contributed by atoms with van der Waals surface area (Å²) >= 11 is 0. The van der Waals surface area contributed by atoms with Gasteiger partial charge in [-0.25, -0.2) is 0 Å². The lowest BCUT2D eigenvalue weighted by atomic mass is 9.77. The van der Waals surface area contributed by atoms with Crippen LogP contribution in [0, 0.1) is 0 Å². The largest absolute Gasteiger partial charge is 0.388 e. The van der Waals surface area contributed by atoms with Crippen LogP contribution >= 0.6 is 0 Å². The van der Waals surface area contributed by atoms with Crippen LogP contribution in [0.4, 0.5) is 0 Å². The van der Waals surface area contributed by atoms with Crippen molar-refractivity contribution < 1.29 is 19.4 Å². The van der Waals surface area contributed by atoms with Gasteiger partial charge in [0.1, 0.15) is 0 Å². The molecule has 2 amide bonds. The van der Waals surface area contributed by atoms with E-state index in [-0.39, 0.29) is 30.4 Å². The normalized spacial score (nSPS) is 27.9. The van der Waals surface area contributed by atoms with Gasteiger partial charge in [-0.3, -0.25) is 9.59 Å². The van der Waals surface area contributed by atoms with Crippen LogP contribution in [0.5, 0.6) is 0 Å². The number of nitrogens with zero attached hydrogens (tertiary/aromatic N) is 1. The average Bonchev–Trinajstić information content (AvgIpc) is 2.42. The van der Waals surface area contributed by atoms with E-state index in [4.69, 9.17) is 4.74 Å². The maximum absolute atomic E-state index is 12.4. The molecule has 6 heteroatoms. The monoisotopic (exact) mass is 298 g/mol. The Hall–Kier alpha value is -1.14. The molecule has 1 aliphatic carbocycles. The molecule has 0 aromatic rings. The third-order valence-corrected chi connectivity index (χ3v) is 4.85. The molecule has 0 aromatic heterocycles. The second kappa shape index (κ2) is 6.32. The molecule has 1 saturated carbocycles. The zero-order valence-corrected chi connectivity index (χ0v) is 13.0. The highest BCUT2D eigenvalue weighted by Gasteiger charge is 2.42. The van der Waals surface area contributed by atoms with E-state index in [1.165, 1.54) is 0 Å². The van der Waals surface area contributed by atoms with Crippen molar-refractivity contribution in [3.8, 4) is 0 Å². The first kappa shape index (κ1) is 16.2. The topological polar surface area (TPSA) is 78.9 Å². The first-order valence-corrected chi connectivity index (χ1v) is 7.68. The Kier molecular flexibility index (Phi) is 4.88. The van der Waals surface area contributed by atoms with Crippen LogP contribution in [0.15, 0.2) is 0 Å². The number of aliphatic hydroxyl groups is 1. The molecular weight excluding hydrogens is 272 g/mol. The fourth-order valence-corrected chi connectivity index (χ4v) is 3.27. The standard InChI is InChI=1S/C15H26N2O4/c1-16-12(18)9-14(20)5-4-8-17(11-14)13(19)10-15(21-2)6-3-7-15/h20H,3-11H2,1-2H3,(H,16,18). The van der Waals surface area contributed by atoms with Gasteiger partial charge in [0.05, 0.1) is 24.0 Å². The summed E-state index contributed by atoms with van der Waals surface area (Å²) < 4.78 is 5.50. The Morgan fingerprint density at radius 3 is 2.48 bits per heavy atom. The smallest absolute Gasteiger partial charge is 0.225 e. The molecule has 2 fully saturated rings. The summed E-state index contributed by atoms with van der Waals surface area (Å²) in [6.45, 7) is 0.883. The highest BCUT2D eigenvalue weighted by Crippen LogP contribution is 2.39. The number of methoxy groups -OCH3 is 1. The minimum atomic E-state index is -1.10. The van der Waals surface area contributed by atoms with Crippen molar-refractivity contribution in [3.63, 3.8) is 0 Å². The van der Waals surface area contributed by atoms with Gasteiger partial charge in [-0.05, 0) is 32.1 Å². The summed E-state index contributed by atoms with van der Waals surface area (Å²) in [6.07, 6.45) is 4.64. The summed E-state index contributed by atoms with van der Waals surface area (Å²) in [5.41, 5.74) is -1.40. The van der Waals surface area contributed by atoms with Crippen LogP contribution in [0.1, 0.15) is 44.9 Å². The fourth-order valence-electron chi connectivity index (χ4n) is 3.27. The van der Waals surface area contributed by atoms with Crippen molar-refractivity contribution in [1.29, 1.82) is 0 Å². The van der Waals surface area contributed by atoms with E-state index in [0.29, 0.717) is 19.4 Å². The Labute approximate surface area is 125 Å². The van der Waals surface area contributed by atoms with Crippen molar-refractivity contribution >= 4 is 11.8 Å². The zero-order chi connectivity index (χ0) is 15.5. The zero-order valence-electron chi connectivity index (χ0n) is 13.0. The Morgan fingerprint density at radius 1 is 1.24 bits per heavy atom. The molecule has 1 unspecified atom stereocenters. The molecule has 1 saturated heterocycles. The lowest BCUT2D eigenvalue weighted by Crippen LogP contribution is -2.54. The van der Waals surface area contributed by atoms with Crippen LogP contribution < -0.4 is 5.32 Å². The second-order valence-electron chi connectivity index (χ2n) is 6.41. The summed E-state index contributed by atoms with van der Waals surface area (Å²) in [5, 5.41) is 13.1. The molecule has 0 radical (unpaired) electrons. The molecule has 2 N–H and O–H groups in total. The van der Waals surface area contributed by atoms with Gasteiger partial charge in [-0.1, -0.05) is 0 Å². The lowest BCUT2D eigenvalue weighted by molar-refractivity contribution is -0.152. The number of carbonyl (C=O) groups is 2. The SMILES string of the molecule is CNC(=O)CC1(O)CCCN(C(=O)CC2(OC)CCC2)C1. The van der Waals surface area contributed by atoms with Gasteiger partial charge in [0.15, 0.2) is 0 Å². The van der Waals surface area contributed by atoms with Crippen molar-refractivity contribution in [2.75, 3.05) is 27.2 Å². The number of carbonyl (C=O) groups excluding carboxylic acids is 2. The molecule has 21 heavy (non-hydrogen) atoms. The minimum Gasteiger partial charge on any atom is -0.388 e. The summed E-state index contributed by atoms with van der Waals surface area (Å²) in [7, 11) is 3.21. The molecule has 0 bridgehead atoms. The third-order valence-electron chi connectivity index (χ3n) is 4.85. The average molecular weight is 298 g/mol. The Balaban J connectivity index is 1.93. The summed E-state index contributed by atoms with van der Waals surface area (Å²) in [4.78, 5) is 25.6. The number of nitrogens with one attached hydrogen (secondary N) is 1. The molecule has 1 atom stereocenters. The maximum Gasteiger partial charge on any atom is 0.225 e. The van der Waals surface area contributed by atoms with E-state index in [1.807, 2.05) is 0 Å². The molecule has 0 spiro atoms. The van der Waals surface area contributed by atoms with Crippen LogP contribution in [0.25, 0.3) is 0 Å². The van der Waals surface area contributed by atoms with Gasteiger partial charge in [0.2, 0.25) is 11.8 Å². The number of likely N-dealkylation sites (tertiary alicyclic amines) is 1. The minimum absolute atomic E-state index is 0.0200. The van der Waals surface area contributed by atoms with Crippen molar-refractivity contribution in [2.24, 2.45) is 0 Å². The number of rotatable bonds is 5. The van der Waals surface area contributed by atoms with E-state index in [0.717, 1.165) is 25.7 Å². The highest BCUT2D eigenvalue weighted by molar-refractivity contribution is 5.79. The van der Waals surface area contributed by atoms with E-state index >= 15 is 0 Å². The molecule has 2 aliphatic rings. The molecule has 1 heterocycles. The maximum atomic E-state index is 12.4.